The van der Waals surface area contributed by atoms with Crippen molar-refractivity contribution in [3.63, 3.8) is 0 Å². The molecule has 0 saturated heterocycles. The van der Waals surface area contributed by atoms with Gasteiger partial charge in [-0.15, -0.1) is 0 Å². The molecule has 36 heavy (non-hydrogen) atoms. The van der Waals surface area contributed by atoms with Crippen LogP contribution in [0.15, 0.2) is 70.8 Å². The first-order valence-electron chi connectivity index (χ1n) is 11.7. The van der Waals surface area contributed by atoms with E-state index in [0.717, 1.165) is 11.1 Å². The van der Waals surface area contributed by atoms with E-state index < -0.39 is 22.9 Å². The zero-order chi connectivity index (χ0) is 25.8. The highest BCUT2D eigenvalue weighted by Crippen LogP contribution is 2.54. The Bertz CT molecular complexity index is 1520. The number of hydrogen-bond acceptors (Lipinski definition) is 6. The highest BCUT2D eigenvalue weighted by atomic mass is 16.5. The molecule has 3 heterocycles. The molecule has 2 aliphatic rings. The second-order valence-corrected chi connectivity index (χ2v) is 9.10. The molecule has 2 aromatic carbocycles. The lowest BCUT2D eigenvalue weighted by molar-refractivity contribution is -0.140. The van der Waals surface area contributed by atoms with Crippen LogP contribution in [0.2, 0.25) is 0 Å². The first-order chi connectivity index (χ1) is 17.2. The van der Waals surface area contributed by atoms with E-state index in [-0.39, 0.29) is 35.9 Å². The lowest BCUT2D eigenvalue weighted by atomic mass is 9.68. The van der Waals surface area contributed by atoms with Crippen LogP contribution in [0.4, 0.5) is 5.69 Å². The maximum Gasteiger partial charge on any atom is 0.341 e. The summed E-state index contributed by atoms with van der Waals surface area (Å²) in [4.78, 5) is 43.4. The molecular formula is C28H27N3O5. The van der Waals surface area contributed by atoms with Gasteiger partial charge in [0.2, 0.25) is 11.8 Å². The minimum atomic E-state index is -1.81. The van der Waals surface area contributed by atoms with E-state index in [0.29, 0.717) is 16.9 Å². The summed E-state index contributed by atoms with van der Waals surface area (Å²) in [6, 6.07) is 16.7. The molecule has 2 aliphatic heterocycles. The van der Waals surface area contributed by atoms with Crippen molar-refractivity contribution >= 4 is 17.6 Å². The van der Waals surface area contributed by atoms with Crippen molar-refractivity contribution in [3.8, 4) is 5.75 Å². The monoisotopic (exact) mass is 485 g/mol. The van der Waals surface area contributed by atoms with Gasteiger partial charge in [0.05, 0.1) is 18.7 Å². The van der Waals surface area contributed by atoms with Gasteiger partial charge in [0.25, 0.3) is 5.56 Å². The Balaban J connectivity index is 1.85. The van der Waals surface area contributed by atoms with Gasteiger partial charge in [-0.3, -0.25) is 9.59 Å². The minimum absolute atomic E-state index is 0.0528. The van der Waals surface area contributed by atoms with Crippen molar-refractivity contribution in [2.45, 2.75) is 32.7 Å². The Morgan fingerprint density at radius 2 is 1.83 bits per heavy atom. The Kier molecular flexibility index (Phi) is 5.47. The fourth-order valence-corrected chi connectivity index (χ4v) is 5.24. The topological polar surface area (TPSA) is 104 Å². The van der Waals surface area contributed by atoms with Gasteiger partial charge < -0.3 is 24.7 Å². The smallest absolute Gasteiger partial charge is 0.341 e. The summed E-state index contributed by atoms with van der Waals surface area (Å²) in [7, 11) is 1.62. The molecule has 184 valence electrons. The minimum Gasteiger partial charge on any atom is -0.462 e. The summed E-state index contributed by atoms with van der Waals surface area (Å²) < 4.78 is 12.6. The number of aryl methyl sites for hydroxylation is 2. The van der Waals surface area contributed by atoms with Crippen molar-refractivity contribution in [3.05, 3.63) is 104 Å². The number of ether oxygens (including phenoxy) is 2. The Morgan fingerprint density at radius 1 is 1.08 bits per heavy atom. The number of nitrogens with two attached hydrogens (primary N) is 1. The zero-order valence-corrected chi connectivity index (χ0v) is 20.6. The third-order valence-corrected chi connectivity index (χ3v) is 6.92. The quantitative estimate of drug-likeness (QED) is 0.570. The van der Waals surface area contributed by atoms with Crippen molar-refractivity contribution in [2.24, 2.45) is 12.8 Å². The number of para-hydroxylation sites is 1. The van der Waals surface area contributed by atoms with Gasteiger partial charge in [-0.1, -0.05) is 48.0 Å². The first kappa shape index (κ1) is 23.4. The number of nitrogens with zero attached hydrogens (tertiary/aromatic N) is 2. The van der Waals surface area contributed by atoms with Gasteiger partial charge in [-0.2, -0.15) is 0 Å². The lowest BCUT2D eigenvalue weighted by Gasteiger charge is -2.35. The average Bonchev–Trinajstić information content (AvgIpc) is 3.06. The molecule has 1 amide bonds. The number of carbonyl (C=O) groups is 2. The van der Waals surface area contributed by atoms with Crippen LogP contribution < -0.4 is 20.9 Å². The number of carbonyl (C=O) groups excluding carboxylic acids is 2. The van der Waals surface area contributed by atoms with Gasteiger partial charge in [-0.25, -0.2) is 4.79 Å². The standard InChI is InChI=1S/C28H27N3O5/c1-5-35-26(33)23-24(29)36-21-14-17(3)30(4)25(32)22(21)28(23)19-11-6-7-12-20(19)31(27(28)34)15-18-10-8-9-16(2)13-18/h6-14H,5,15,29H2,1-4H3. The van der Waals surface area contributed by atoms with Crippen LogP contribution in [0.25, 0.3) is 0 Å². The van der Waals surface area contributed by atoms with Gasteiger partial charge in [0.15, 0.2) is 0 Å². The number of esters is 1. The van der Waals surface area contributed by atoms with Gasteiger partial charge in [0.1, 0.15) is 16.7 Å². The highest BCUT2D eigenvalue weighted by Gasteiger charge is 2.62. The van der Waals surface area contributed by atoms with Crippen molar-refractivity contribution < 1.29 is 19.1 Å². The van der Waals surface area contributed by atoms with Crippen LogP contribution >= 0.6 is 0 Å². The number of rotatable bonds is 4. The second-order valence-electron chi connectivity index (χ2n) is 9.10. The van der Waals surface area contributed by atoms with Crippen LogP contribution in [-0.4, -0.2) is 23.1 Å². The number of amides is 1. The molecule has 0 fully saturated rings. The number of fused-ring (bicyclic) bond motifs is 4. The summed E-state index contributed by atoms with van der Waals surface area (Å²) >= 11 is 0. The van der Waals surface area contributed by atoms with Crippen molar-refractivity contribution in [1.29, 1.82) is 0 Å². The second kappa shape index (κ2) is 8.41. The van der Waals surface area contributed by atoms with Crippen LogP contribution in [0, 0.1) is 13.8 Å². The summed E-state index contributed by atoms with van der Waals surface area (Å²) in [5.41, 5.74) is 7.61. The van der Waals surface area contributed by atoms with E-state index in [1.807, 2.05) is 43.3 Å². The third-order valence-electron chi connectivity index (χ3n) is 6.92. The summed E-state index contributed by atoms with van der Waals surface area (Å²) in [5, 5.41) is 0. The molecule has 1 aromatic heterocycles. The number of aromatic nitrogens is 1. The predicted molar refractivity (Wildman–Crippen MR) is 134 cm³/mol. The fraction of sp³-hybridized carbons (Fsp3) is 0.250. The number of benzene rings is 2. The van der Waals surface area contributed by atoms with E-state index in [1.165, 1.54) is 4.57 Å². The van der Waals surface area contributed by atoms with Gasteiger partial charge >= 0.3 is 5.97 Å². The third kappa shape index (κ3) is 3.17. The van der Waals surface area contributed by atoms with Crippen molar-refractivity contribution in [1.82, 2.24) is 4.57 Å². The Labute approximate surface area is 208 Å². The Hall–Kier alpha value is -4.33. The molecule has 5 rings (SSSR count). The molecule has 1 unspecified atom stereocenters. The van der Waals surface area contributed by atoms with Crippen molar-refractivity contribution in [2.75, 3.05) is 11.5 Å². The molecular weight excluding hydrogens is 458 g/mol. The molecule has 3 aromatic rings. The SMILES string of the molecule is CCOC(=O)C1=C(N)Oc2cc(C)n(C)c(=O)c2C12C(=O)N(Cc1cccc(C)c1)c1ccccc12. The van der Waals surface area contributed by atoms with Gasteiger partial charge in [0, 0.05) is 30.1 Å². The van der Waals surface area contributed by atoms with Crippen LogP contribution in [-0.2, 0) is 33.3 Å². The fourth-order valence-electron chi connectivity index (χ4n) is 5.24. The van der Waals surface area contributed by atoms with Gasteiger partial charge in [-0.05, 0) is 32.4 Å². The van der Waals surface area contributed by atoms with Crippen LogP contribution in [0.1, 0.15) is 34.9 Å². The molecule has 1 atom stereocenters. The Morgan fingerprint density at radius 3 is 2.56 bits per heavy atom. The number of anilines is 1. The number of hydrogen-bond donors (Lipinski definition) is 1. The maximum atomic E-state index is 14.6. The predicted octanol–water partition coefficient (Wildman–Crippen LogP) is 2.96. The molecule has 8 nitrogen and oxygen atoms in total. The van der Waals surface area contributed by atoms with Crippen LogP contribution in [0.5, 0.6) is 5.75 Å². The average molecular weight is 486 g/mol. The molecule has 1 spiro atoms. The maximum absolute atomic E-state index is 14.6. The first-order valence-corrected chi connectivity index (χ1v) is 11.7. The van der Waals surface area contributed by atoms with Crippen LogP contribution in [0.3, 0.4) is 0 Å². The summed E-state index contributed by atoms with van der Waals surface area (Å²) in [6.07, 6.45) is 0. The van der Waals surface area contributed by atoms with E-state index in [9.17, 15) is 14.4 Å². The summed E-state index contributed by atoms with van der Waals surface area (Å²) in [6.45, 7) is 5.71. The molecule has 8 heteroatoms. The zero-order valence-electron chi connectivity index (χ0n) is 20.6. The lowest BCUT2D eigenvalue weighted by Crippen LogP contribution is -2.51. The molecule has 2 N–H and O–H groups in total. The van der Waals surface area contributed by atoms with E-state index in [4.69, 9.17) is 15.2 Å². The van der Waals surface area contributed by atoms with E-state index in [2.05, 4.69) is 0 Å². The molecule has 0 bridgehead atoms. The number of pyridine rings is 1. The molecule has 0 aliphatic carbocycles. The molecule has 0 radical (unpaired) electrons. The van der Waals surface area contributed by atoms with E-state index in [1.54, 1.807) is 44.0 Å². The summed E-state index contributed by atoms with van der Waals surface area (Å²) in [5.74, 6) is -1.36. The largest absolute Gasteiger partial charge is 0.462 e. The molecule has 0 saturated carbocycles. The highest BCUT2D eigenvalue weighted by molar-refractivity contribution is 6.18. The normalized spacial score (nSPS) is 18.2. The van der Waals surface area contributed by atoms with E-state index >= 15 is 0 Å².